The molecule has 0 aliphatic heterocycles. The lowest BCUT2D eigenvalue weighted by molar-refractivity contribution is 0.685. The van der Waals surface area contributed by atoms with E-state index in [9.17, 15) is 0 Å². The van der Waals surface area contributed by atoms with E-state index in [1.165, 1.54) is 18.4 Å². The van der Waals surface area contributed by atoms with Gasteiger partial charge in [-0.15, -0.1) is 0 Å². The normalized spacial score (nSPS) is 15.1. The molecule has 1 aromatic heterocycles. The molecule has 88 valence electrons. The van der Waals surface area contributed by atoms with Gasteiger partial charge in [0.2, 0.25) is 0 Å². The van der Waals surface area contributed by atoms with Crippen molar-refractivity contribution in [1.29, 1.82) is 0 Å². The van der Waals surface area contributed by atoms with E-state index in [-0.39, 0.29) is 0 Å². The monoisotopic (exact) mass is 219 g/mol. The first kappa shape index (κ1) is 11.4. The van der Waals surface area contributed by atoms with E-state index in [0.29, 0.717) is 0 Å². The average Bonchev–Trinajstić information content (AvgIpc) is 3.13. The molecule has 1 aliphatic carbocycles. The number of hydrogen-bond donors (Lipinski definition) is 1. The fraction of sp³-hybridized carbons (Fsp3) is 0.615. The zero-order chi connectivity index (χ0) is 11.4. The summed E-state index contributed by atoms with van der Waals surface area (Å²) in [5, 5.41) is 3.50. The number of pyridine rings is 1. The van der Waals surface area contributed by atoms with E-state index in [1.54, 1.807) is 0 Å². The lowest BCUT2D eigenvalue weighted by Crippen LogP contribution is -2.23. The van der Waals surface area contributed by atoms with Gasteiger partial charge in [-0.1, -0.05) is 6.07 Å². The standard InChI is InChI=1S/C13H21N3/c1-3-16(4-2)13-8-5-11(10-15-13)9-14-12-6-7-12/h5,8,10,12,14H,3-4,6-7,9H2,1-2H3. The molecule has 2 rings (SSSR count). The molecule has 0 bridgehead atoms. The minimum atomic E-state index is 0.766. The smallest absolute Gasteiger partial charge is 0.128 e. The van der Waals surface area contributed by atoms with Crippen molar-refractivity contribution in [1.82, 2.24) is 10.3 Å². The van der Waals surface area contributed by atoms with Crippen LogP contribution in [0.3, 0.4) is 0 Å². The van der Waals surface area contributed by atoms with Crippen LogP contribution in [0, 0.1) is 0 Å². The van der Waals surface area contributed by atoms with Crippen LogP contribution in [0.5, 0.6) is 0 Å². The molecular weight excluding hydrogens is 198 g/mol. The summed E-state index contributed by atoms with van der Waals surface area (Å²) >= 11 is 0. The lowest BCUT2D eigenvalue weighted by Gasteiger charge is -2.19. The van der Waals surface area contributed by atoms with Gasteiger partial charge in [-0.2, -0.15) is 0 Å². The van der Waals surface area contributed by atoms with Crippen LogP contribution in [-0.2, 0) is 6.54 Å². The third-order valence-electron chi connectivity index (χ3n) is 3.07. The van der Waals surface area contributed by atoms with Gasteiger partial charge in [-0.25, -0.2) is 4.98 Å². The molecule has 1 heterocycles. The largest absolute Gasteiger partial charge is 0.357 e. The second-order valence-corrected chi connectivity index (χ2v) is 4.35. The van der Waals surface area contributed by atoms with E-state index >= 15 is 0 Å². The highest BCUT2D eigenvalue weighted by atomic mass is 15.2. The summed E-state index contributed by atoms with van der Waals surface area (Å²) in [5.74, 6) is 1.08. The molecule has 0 radical (unpaired) electrons. The fourth-order valence-electron chi connectivity index (χ4n) is 1.81. The highest BCUT2D eigenvalue weighted by Gasteiger charge is 2.19. The summed E-state index contributed by atoms with van der Waals surface area (Å²) in [5.41, 5.74) is 1.28. The minimum absolute atomic E-state index is 0.766. The van der Waals surface area contributed by atoms with E-state index in [2.05, 4.69) is 41.2 Å². The average molecular weight is 219 g/mol. The van der Waals surface area contributed by atoms with Crippen molar-refractivity contribution in [2.24, 2.45) is 0 Å². The van der Waals surface area contributed by atoms with Crippen LogP contribution in [0.4, 0.5) is 5.82 Å². The summed E-state index contributed by atoms with van der Waals surface area (Å²) in [6, 6.07) is 5.06. The predicted molar refractivity (Wildman–Crippen MR) is 67.7 cm³/mol. The molecule has 3 nitrogen and oxygen atoms in total. The van der Waals surface area contributed by atoms with Gasteiger partial charge in [-0.3, -0.25) is 0 Å². The Bertz CT molecular complexity index is 312. The van der Waals surface area contributed by atoms with Crippen molar-refractivity contribution in [3.8, 4) is 0 Å². The van der Waals surface area contributed by atoms with Crippen LogP contribution >= 0.6 is 0 Å². The Morgan fingerprint density at radius 1 is 1.31 bits per heavy atom. The zero-order valence-electron chi connectivity index (χ0n) is 10.2. The minimum Gasteiger partial charge on any atom is -0.357 e. The fourth-order valence-corrected chi connectivity index (χ4v) is 1.81. The molecule has 0 atom stereocenters. The van der Waals surface area contributed by atoms with Crippen LogP contribution in [0.25, 0.3) is 0 Å². The number of rotatable bonds is 6. The molecule has 0 aromatic carbocycles. The lowest BCUT2D eigenvalue weighted by atomic mass is 10.2. The topological polar surface area (TPSA) is 28.2 Å². The van der Waals surface area contributed by atoms with Crippen LogP contribution in [0.2, 0.25) is 0 Å². The predicted octanol–water partition coefficient (Wildman–Crippen LogP) is 2.18. The molecule has 1 fully saturated rings. The molecule has 0 saturated heterocycles. The maximum atomic E-state index is 4.50. The summed E-state index contributed by atoms with van der Waals surface area (Å²) in [6.45, 7) is 7.31. The molecule has 16 heavy (non-hydrogen) atoms. The molecule has 0 unspecified atom stereocenters. The van der Waals surface area contributed by atoms with Crippen molar-refractivity contribution < 1.29 is 0 Å². The second kappa shape index (κ2) is 5.30. The van der Waals surface area contributed by atoms with Crippen molar-refractivity contribution in [3.63, 3.8) is 0 Å². The molecular formula is C13H21N3. The number of nitrogens with zero attached hydrogens (tertiary/aromatic N) is 2. The zero-order valence-corrected chi connectivity index (χ0v) is 10.2. The number of nitrogens with one attached hydrogen (secondary N) is 1. The third-order valence-corrected chi connectivity index (χ3v) is 3.07. The van der Waals surface area contributed by atoms with Crippen LogP contribution in [0.15, 0.2) is 18.3 Å². The number of aromatic nitrogens is 1. The van der Waals surface area contributed by atoms with Gasteiger partial charge in [0.15, 0.2) is 0 Å². The van der Waals surface area contributed by atoms with Gasteiger partial charge >= 0.3 is 0 Å². The summed E-state index contributed by atoms with van der Waals surface area (Å²) in [7, 11) is 0. The molecule has 1 aromatic rings. The number of anilines is 1. The first-order valence-electron chi connectivity index (χ1n) is 6.26. The Morgan fingerprint density at radius 2 is 2.06 bits per heavy atom. The Hall–Kier alpha value is -1.09. The highest BCUT2D eigenvalue weighted by Crippen LogP contribution is 2.19. The molecule has 1 saturated carbocycles. The first-order chi connectivity index (χ1) is 7.83. The molecule has 1 N–H and O–H groups in total. The van der Waals surface area contributed by atoms with Crippen molar-refractivity contribution in [2.45, 2.75) is 39.3 Å². The Balaban J connectivity index is 1.91. The van der Waals surface area contributed by atoms with E-state index < -0.39 is 0 Å². The maximum absolute atomic E-state index is 4.50. The van der Waals surface area contributed by atoms with Crippen LogP contribution < -0.4 is 10.2 Å². The van der Waals surface area contributed by atoms with Crippen molar-refractivity contribution in [3.05, 3.63) is 23.9 Å². The molecule has 1 aliphatic rings. The van der Waals surface area contributed by atoms with Gasteiger partial charge in [0.25, 0.3) is 0 Å². The van der Waals surface area contributed by atoms with E-state index in [1.807, 2.05) is 6.20 Å². The second-order valence-electron chi connectivity index (χ2n) is 4.35. The quantitative estimate of drug-likeness (QED) is 0.795. The SMILES string of the molecule is CCN(CC)c1ccc(CNC2CC2)cn1. The summed E-state index contributed by atoms with van der Waals surface area (Å²) in [6.07, 6.45) is 4.67. The molecule has 0 spiro atoms. The Morgan fingerprint density at radius 3 is 2.56 bits per heavy atom. The first-order valence-corrected chi connectivity index (χ1v) is 6.26. The number of hydrogen-bond acceptors (Lipinski definition) is 3. The van der Waals surface area contributed by atoms with Crippen molar-refractivity contribution in [2.75, 3.05) is 18.0 Å². The van der Waals surface area contributed by atoms with Crippen LogP contribution in [-0.4, -0.2) is 24.1 Å². The van der Waals surface area contributed by atoms with Gasteiger partial charge in [-0.05, 0) is 38.3 Å². The van der Waals surface area contributed by atoms with Gasteiger partial charge in [0.1, 0.15) is 5.82 Å². The Kier molecular flexibility index (Phi) is 3.78. The van der Waals surface area contributed by atoms with Gasteiger partial charge in [0, 0.05) is 31.9 Å². The highest BCUT2D eigenvalue weighted by molar-refractivity contribution is 5.38. The van der Waals surface area contributed by atoms with Crippen LogP contribution in [0.1, 0.15) is 32.3 Å². The van der Waals surface area contributed by atoms with Gasteiger partial charge < -0.3 is 10.2 Å². The Labute approximate surface area is 97.9 Å². The summed E-state index contributed by atoms with van der Waals surface area (Å²) in [4.78, 5) is 6.77. The maximum Gasteiger partial charge on any atom is 0.128 e. The van der Waals surface area contributed by atoms with Gasteiger partial charge in [0.05, 0.1) is 0 Å². The van der Waals surface area contributed by atoms with Crippen molar-refractivity contribution >= 4 is 5.82 Å². The van der Waals surface area contributed by atoms with E-state index in [4.69, 9.17) is 0 Å². The summed E-state index contributed by atoms with van der Waals surface area (Å²) < 4.78 is 0. The molecule has 0 amide bonds. The van der Waals surface area contributed by atoms with E-state index in [0.717, 1.165) is 31.5 Å². The molecule has 3 heteroatoms. The third kappa shape index (κ3) is 2.95.